The minimum absolute atomic E-state index is 1.01. The molecule has 2 nitrogen and oxygen atoms in total. The fraction of sp³-hybridized carbons (Fsp3) is 0.364. The van der Waals surface area contributed by atoms with Crippen LogP contribution in [0.1, 0.15) is 18.3 Å². The minimum Gasteiger partial charge on any atom is -0.349 e. The Hall–Kier alpha value is -1.31. The highest BCUT2D eigenvalue weighted by Crippen LogP contribution is 2.18. The Kier molecular flexibility index (Phi) is 1.83. The lowest BCUT2D eigenvalue weighted by molar-refractivity contribution is 0.944. The Morgan fingerprint density at radius 2 is 2.23 bits per heavy atom. The summed E-state index contributed by atoms with van der Waals surface area (Å²) < 4.78 is 2.12. The molecule has 0 unspecified atom stereocenters. The average Bonchev–Trinajstić information content (AvgIpc) is 2.48. The molecule has 0 spiro atoms. The number of fused-ring (bicyclic) bond motifs is 1. The predicted octanol–water partition coefficient (Wildman–Crippen LogP) is 2.44. The Labute approximate surface area is 78.2 Å². The summed E-state index contributed by atoms with van der Waals surface area (Å²) in [5.74, 6) is 0. The molecule has 2 aromatic rings. The van der Waals surface area contributed by atoms with Gasteiger partial charge in [-0.2, -0.15) is 0 Å². The molecule has 0 N–H and O–H groups in total. The molecular formula is C11H14N2. The fourth-order valence-electron chi connectivity index (χ4n) is 1.79. The Balaban J connectivity index is 2.79. The summed E-state index contributed by atoms with van der Waals surface area (Å²) in [7, 11) is 2.06. The largest absolute Gasteiger partial charge is 0.349 e. The summed E-state index contributed by atoms with van der Waals surface area (Å²) in [4.78, 5) is 4.53. The smallest absolute Gasteiger partial charge is 0.0694 e. The van der Waals surface area contributed by atoms with E-state index in [9.17, 15) is 0 Å². The first-order chi connectivity index (χ1) is 6.22. The number of hydrogen-bond donors (Lipinski definition) is 0. The van der Waals surface area contributed by atoms with E-state index in [-0.39, 0.29) is 0 Å². The number of hydrogen-bond acceptors (Lipinski definition) is 1. The molecule has 0 fully saturated rings. The van der Waals surface area contributed by atoms with Gasteiger partial charge in [-0.3, -0.25) is 4.98 Å². The van der Waals surface area contributed by atoms with Crippen molar-refractivity contribution in [2.24, 2.45) is 7.05 Å². The van der Waals surface area contributed by atoms with Gasteiger partial charge >= 0.3 is 0 Å². The monoisotopic (exact) mass is 174 g/mol. The normalized spacial score (nSPS) is 11.0. The van der Waals surface area contributed by atoms with Crippen molar-refractivity contribution in [3.8, 4) is 0 Å². The molecule has 0 aliphatic heterocycles. The summed E-state index contributed by atoms with van der Waals surface area (Å²) in [6.45, 7) is 4.21. The van der Waals surface area contributed by atoms with Crippen molar-refractivity contribution < 1.29 is 0 Å². The van der Waals surface area contributed by atoms with E-state index in [0.29, 0.717) is 0 Å². The molecule has 68 valence electrons. The molecule has 0 aliphatic rings. The van der Waals surface area contributed by atoms with Crippen molar-refractivity contribution in [1.82, 2.24) is 9.55 Å². The van der Waals surface area contributed by atoms with E-state index in [1.54, 1.807) is 0 Å². The molecule has 2 aromatic heterocycles. The van der Waals surface area contributed by atoms with E-state index in [0.717, 1.165) is 12.1 Å². The zero-order chi connectivity index (χ0) is 9.42. The highest BCUT2D eigenvalue weighted by Gasteiger charge is 2.03. The molecular weight excluding hydrogens is 160 g/mol. The molecule has 2 rings (SSSR count). The van der Waals surface area contributed by atoms with Gasteiger partial charge in [0.25, 0.3) is 0 Å². The van der Waals surface area contributed by atoms with E-state index in [1.807, 2.05) is 0 Å². The van der Waals surface area contributed by atoms with Crippen molar-refractivity contribution >= 4 is 10.9 Å². The zero-order valence-electron chi connectivity index (χ0n) is 8.33. The van der Waals surface area contributed by atoms with Crippen molar-refractivity contribution in [3.05, 3.63) is 29.7 Å². The number of rotatable bonds is 1. The summed E-state index contributed by atoms with van der Waals surface area (Å²) in [5, 5.41) is 1.30. The molecule has 0 saturated carbocycles. The lowest BCUT2D eigenvalue weighted by Crippen LogP contribution is -1.94. The van der Waals surface area contributed by atoms with Gasteiger partial charge in [0.15, 0.2) is 0 Å². The van der Waals surface area contributed by atoms with Gasteiger partial charge in [0, 0.05) is 24.3 Å². The highest BCUT2D eigenvalue weighted by atomic mass is 14.9. The first-order valence-electron chi connectivity index (χ1n) is 4.64. The van der Waals surface area contributed by atoms with Crippen LogP contribution in [0.4, 0.5) is 0 Å². The van der Waals surface area contributed by atoms with Gasteiger partial charge in [0.1, 0.15) is 0 Å². The van der Waals surface area contributed by atoms with E-state index in [2.05, 4.69) is 48.8 Å². The van der Waals surface area contributed by atoms with Crippen LogP contribution in [0.3, 0.4) is 0 Å². The van der Waals surface area contributed by atoms with Gasteiger partial charge in [0.05, 0.1) is 11.2 Å². The van der Waals surface area contributed by atoms with E-state index in [1.165, 1.54) is 16.6 Å². The van der Waals surface area contributed by atoms with Crippen molar-refractivity contribution in [2.75, 3.05) is 0 Å². The number of pyridine rings is 1. The van der Waals surface area contributed by atoms with Crippen LogP contribution >= 0.6 is 0 Å². The third-order valence-electron chi connectivity index (χ3n) is 2.44. The van der Waals surface area contributed by atoms with E-state index < -0.39 is 0 Å². The van der Waals surface area contributed by atoms with Crippen molar-refractivity contribution in [1.29, 1.82) is 0 Å². The van der Waals surface area contributed by atoms with Gasteiger partial charge in [-0.15, -0.1) is 0 Å². The Bertz CT molecular complexity index is 441. The minimum atomic E-state index is 1.01. The third kappa shape index (κ3) is 1.22. The Morgan fingerprint density at radius 3 is 2.92 bits per heavy atom. The molecule has 0 saturated heterocycles. The molecule has 0 bridgehead atoms. The summed E-state index contributed by atoms with van der Waals surface area (Å²) in [5.41, 5.74) is 3.55. The lowest BCUT2D eigenvalue weighted by atomic mass is 10.2. The number of aromatic nitrogens is 2. The predicted molar refractivity (Wildman–Crippen MR) is 54.8 cm³/mol. The van der Waals surface area contributed by atoms with Crippen molar-refractivity contribution in [3.63, 3.8) is 0 Å². The second kappa shape index (κ2) is 2.87. The van der Waals surface area contributed by atoms with Gasteiger partial charge in [-0.25, -0.2) is 0 Å². The molecule has 0 atom stereocenters. The topological polar surface area (TPSA) is 17.8 Å². The first kappa shape index (κ1) is 8.30. The van der Waals surface area contributed by atoms with Crippen molar-refractivity contribution in [2.45, 2.75) is 20.3 Å². The summed E-state index contributed by atoms with van der Waals surface area (Å²) >= 11 is 0. The number of nitrogens with zero attached hydrogens (tertiary/aromatic N) is 2. The first-order valence-corrected chi connectivity index (χ1v) is 4.64. The fourth-order valence-corrected chi connectivity index (χ4v) is 1.79. The molecule has 0 aliphatic carbocycles. The molecule has 2 heterocycles. The van der Waals surface area contributed by atoms with Gasteiger partial charge in [0.2, 0.25) is 0 Å². The Morgan fingerprint density at radius 1 is 1.46 bits per heavy atom. The van der Waals surface area contributed by atoms with Crippen LogP contribution in [0.15, 0.2) is 18.3 Å². The molecule has 2 heteroatoms. The van der Waals surface area contributed by atoms with Crippen LogP contribution in [0.2, 0.25) is 0 Å². The standard InChI is InChI=1S/C11H14N2/c1-4-10-7-9-5-6-13(3)11(9)8(2)12-10/h5-7H,4H2,1-3H3. The second-order valence-corrected chi connectivity index (χ2v) is 3.42. The second-order valence-electron chi connectivity index (χ2n) is 3.42. The maximum Gasteiger partial charge on any atom is 0.0694 e. The molecule has 0 radical (unpaired) electrons. The average molecular weight is 174 g/mol. The van der Waals surface area contributed by atoms with Gasteiger partial charge < -0.3 is 4.57 Å². The van der Waals surface area contributed by atoms with Crippen LogP contribution in [-0.2, 0) is 13.5 Å². The van der Waals surface area contributed by atoms with Gasteiger partial charge in [-0.05, 0) is 25.5 Å². The highest BCUT2D eigenvalue weighted by molar-refractivity contribution is 5.82. The maximum atomic E-state index is 4.53. The van der Waals surface area contributed by atoms with Crippen LogP contribution < -0.4 is 0 Å². The molecule has 13 heavy (non-hydrogen) atoms. The summed E-state index contributed by atoms with van der Waals surface area (Å²) in [6, 6.07) is 4.31. The van der Waals surface area contributed by atoms with Crippen LogP contribution in [0, 0.1) is 6.92 Å². The van der Waals surface area contributed by atoms with Crippen LogP contribution in [0.5, 0.6) is 0 Å². The number of aryl methyl sites for hydroxylation is 3. The zero-order valence-corrected chi connectivity index (χ0v) is 8.33. The SMILES string of the molecule is CCc1cc2ccn(C)c2c(C)n1. The quantitative estimate of drug-likeness (QED) is 0.649. The van der Waals surface area contributed by atoms with Crippen LogP contribution in [0.25, 0.3) is 10.9 Å². The third-order valence-corrected chi connectivity index (χ3v) is 2.44. The maximum absolute atomic E-state index is 4.53. The molecule has 0 amide bonds. The summed E-state index contributed by atoms with van der Waals surface area (Å²) in [6.07, 6.45) is 3.09. The van der Waals surface area contributed by atoms with E-state index >= 15 is 0 Å². The van der Waals surface area contributed by atoms with E-state index in [4.69, 9.17) is 0 Å². The molecule has 0 aromatic carbocycles. The van der Waals surface area contributed by atoms with Gasteiger partial charge in [-0.1, -0.05) is 6.92 Å². The lowest BCUT2D eigenvalue weighted by Gasteiger charge is -2.03. The van der Waals surface area contributed by atoms with Crippen LogP contribution in [-0.4, -0.2) is 9.55 Å².